The normalized spacial score (nSPS) is 14.3. The number of nitrogens with zero attached hydrogens (tertiary/aromatic N) is 3. The van der Waals surface area contributed by atoms with Gasteiger partial charge in [0, 0.05) is 12.2 Å². The molecule has 0 aliphatic heterocycles. The highest BCUT2D eigenvalue weighted by Gasteiger charge is 2.22. The van der Waals surface area contributed by atoms with Crippen LogP contribution in [0.5, 0.6) is 11.6 Å². The van der Waals surface area contributed by atoms with E-state index in [1.54, 1.807) is 36.5 Å². The Labute approximate surface area is 189 Å². The van der Waals surface area contributed by atoms with Crippen molar-refractivity contribution in [2.75, 3.05) is 0 Å². The first-order valence-electron chi connectivity index (χ1n) is 10.3. The lowest BCUT2D eigenvalue weighted by atomic mass is 10.1. The molecule has 1 aliphatic rings. The highest BCUT2D eigenvalue weighted by molar-refractivity contribution is 6.32. The molecule has 0 saturated heterocycles. The predicted octanol–water partition coefficient (Wildman–Crippen LogP) is 4.41. The molecule has 0 bridgehead atoms. The quantitative estimate of drug-likeness (QED) is 0.460. The van der Waals surface area contributed by atoms with Gasteiger partial charge in [-0.2, -0.15) is 10.2 Å². The average molecular weight is 449 g/mol. The molecule has 0 radical (unpaired) electrons. The minimum atomic E-state index is -0.517. The molecule has 8 heteroatoms. The van der Waals surface area contributed by atoms with Gasteiger partial charge in [0.25, 0.3) is 11.5 Å². The van der Waals surface area contributed by atoms with Crippen LogP contribution in [0.25, 0.3) is 11.7 Å². The van der Waals surface area contributed by atoms with E-state index in [4.69, 9.17) is 16.3 Å². The summed E-state index contributed by atoms with van der Waals surface area (Å²) in [6.07, 6.45) is 6.67. The lowest BCUT2D eigenvalue weighted by Gasteiger charge is -2.13. The molecule has 1 N–H and O–H groups in total. The number of para-hydroxylation sites is 1. The van der Waals surface area contributed by atoms with Gasteiger partial charge in [-0.3, -0.25) is 14.0 Å². The zero-order valence-electron chi connectivity index (χ0n) is 17.5. The van der Waals surface area contributed by atoms with Gasteiger partial charge < -0.3 is 10.1 Å². The van der Waals surface area contributed by atoms with Gasteiger partial charge in [-0.05, 0) is 49.6 Å². The fourth-order valence-corrected chi connectivity index (χ4v) is 3.93. The number of hydrogen-bond donors (Lipinski definition) is 1. The van der Waals surface area contributed by atoms with Crippen LogP contribution in [0.3, 0.4) is 0 Å². The first kappa shape index (κ1) is 21.6. The Morgan fingerprint density at radius 3 is 2.75 bits per heavy atom. The molecule has 1 aliphatic carbocycles. The molecule has 1 fully saturated rings. The largest absolute Gasteiger partial charge is 0.437 e. The molecule has 7 nitrogen and oxygen atoms in total. The third-order valence-electron chi connectivity index (χ3n) is 5.44. The summed E-state index contributed by atoms with van der Waals surface area (Å²) in [5.41, 5.74) is 0.523. The number of amides is 1. The summed E-state index contributed by atoms with van der Waals surface area (Å²) in [5.74, 6) is -0.238. The SMILES string of the molecule is Cc1cccn2c(=O)c(C=C(C#N)C(=O)NC3CCCC3)c(Oc3ccccc3Cl)nc12. The van der Waals surface area contributed by atoms with Gasteiger partial charge in [0.2, 0.25) is 5.88 Å². The number of carbonyl (C=O) groups is 1. The molecule has 0 spiro atoms. The number of aryl methyl sites for hydroxylation is 1. The van der Waals surface area contributed by atoms with Crippen LogP contribution in [0, 0.1) is 18.3 Å². The summed E-state index contributed by atoms with van der Waals surface area (Å²) in [6.45, 7) is 1.83. The van der Waals surface area contributed by atoms with E-state index in [9.17, 15) is 14.9 Å². The highest BCUT2D eigenvalue weighted by Crippen LogP contribution is 2.30. The molecule has 4 rings (SSSR count). The maximum atomic E-state index is 13.3. The number of ether oxygens (including phenoxy) is 1. The van der Waals surface area contributed by atoms with Gasteiger partial charge >= 0.3 is 0 Å². The van der Waals surface area contributed by atoms with E-state index in [2.05, 4.69) is 10.3 Å². The van der Waals surface area contributed by atoms with E-state index in [0.29, 0.717) is 16.4 Å². The molecule has 2 heterocycles. The van der Waals surface area contributed by atoms with Crippen molar-refractivity contribution in [3.05, 3.63) is 74.7 Å². The van der Waals surface area contributed by atoms with E-state index in [0.717, 1.165) is 31.2 Å². The van der Waals surface area contributed by atoms with Crippen molar-refractivity contribution in [3.8, 4) is 17.7 Å². The topological polar surface area (TPSA) is 96.5 Å². The molecule has 1 amide bonds. The molecular weight excluding hydrogens is 428 g/mol. The number of nitrogens with one attached hydrogen (secondary N) is 1. The van der Waals surface area contributed by atoms with E-state index < -0.39 is 11.5 Å². The number of pyridine rings is 1. The van der Waals surface area contributed by atoms with Gasteiger partial charge in [0.05, 0.1) is 5.02 Å². The maximum absolute atomic E-state index is 13.3. The van der Waals surface area contributed by atoms with Crippen LogP contribution in [0.2, 0.25) is 5.02 Å². The number of benzene rings is 1. The van der Waals surface area contributed by atoms with Crippen molar-refractivity contribution < 1.29 is 9.53 Å². The van der Waals surface area contributed by atoms with Gasteiger partial charge in [0.15, 0.2) is 0 Å². The Morgan fingerprint density at radius 2 is 2.03 bits per heavy atom. The molecular formula is C24H21ClN4O3. The fraction of sp³-hybridized carbons (Fsp3) is 0.250. The summed E-state index contributed by atoms with van der Waals surface area (Å²) in [6, 6.07) is 12.3. The summed E-state index contributed by atoms with van der Waals surface area (Å²) in [5, 5.41) is 12.8. The summed E-state index contributed by atoms with van der Waals surface area (Å²) in [7, 11) is 0. The Kier molecular flexibility index (Phi) is 6.24. The van der Waals surface area contributed by atoms with Crippen LogP contribution in [-0.2, 0) is 4.79 Å². The van der Waals surface area contributed by atoms with Crippen molar-refractivity contribution in [3.63, 3.8) is 0 Å². The number of carbonyl (C=O) groups excluding carboxylic acids is 1. The number of nitriles is 1. The smallest absolute Gasteiger partial charge is 0.269 e. The average Bonchev–Trinajstić information content (AvgIpc) is 3.29. The first-order chi connectivity index (χ1) is 15.5. The van der Waals surface area contributed by atoms with Crippen molar-refractivity contribution >= 4 is 29.2 Å². The van der Waals surface area contributed by atoms with Crippen LogP contribution in [-0.4, -0.2) is 21.3 Å². The molecule has 3 aromatic rings. The van der Waals surface area contributed by atoms with E-state index in [1.807, 2.05) is 19.1 Å². The van der Waals surface area contributed by atoms with Crippen molar-refractivity contribution in [1.29, 1.82) is 5.26 Å². The minimum Gasteiger partial charge on any atom is -0.437 e. The number of fused-ring (bicyclic) bond motifs is 1. The Hall–Kier alpha value is -3.63. The van der Waals surface area contributed by atoms with Crippen LogP contribution < -0.4 is 15.6 Å². The van der Waals surface area contributed by atoms with Gasteiger partial charge in [-0.1, -0.05) is 42.6 Å². The van der Waals surface area contributed by atoms with Crippen LogP contribution in [0.4, 0.5) is 0 Å². The molecule has 1 aromatic carbocycles. The number of halogens is 1. The Balaban J connectivity index is 1.84. The van der Waals surface area contributed by atoms with E-state index in [-0.39, 0.29) is 23.1 Å². The van der Waals surface area contributed by atoms with Crippen molar-refractivity contribution in [2.24, 2.45) is 0 Å². The molecule has 0 unspecified atom stereocenters. The van der Waals surface area contributed by atoms with Crippen LogP contribution in [0.1, 0.15) is 36.8 Å². The summed E-state index contributed by atoms with van der Waals surface area (Å²) in [4.78, 5) is 30.5. The van der Waals surface area contributed by atoms with Crippen molar-refractivity contribution in [1.82, 2.24) is 14.7 Å². The third-order valence-corrected chi connectivity index (χ3v) is 5.75. The van der Waals surface area contributed by atoms with Crippen LogP contribution >= 0.6 is 11.6 Å². The second-order valence-corrected chi connectivity index (χ2v) is 8.08. The van der Waals surface area contributed by atoms with Crippen LogP contribution in [0.15, 0.2) is 53.0 Å². The van der Waals surface area contributed by atoms with E-state index in [1.165, 1.54) is 10.5 Å². The number of aromatic nitrogens is 2. The standard InChI is InChI=1S/C24H21ClN4O3/c1-15-7-6-12-29-21(15)28-23(32-20-11-5-4-10-19(20)25)18(24(29)31)13-16(14-26)22(30)27-17-8-2-3-9-17/h4-7,10-13,17H,2-3,8-9H2,1H3,(H,27,30). The zero-order chi connectivity index (χ0) is 22.7. The Morgan fingerprint density at radius 1 is 1.28 bits per heavy atom. The highest BCUT2D eigenvalue weighted by atomic mass is 35.5. The molecule has 0 atom stereocenters. The van der Waals surface area contributed by atoms with Gasteiger partial charge in [-0.25, -0.2) is 0 Å². The number of hydrogen-bond acceptors (Lipinski definition) is 5. The Bertz CT molecular complexity index is 1320. The minimum absolute atomic E-state index is 0.00820. The van der Waals surface area contributed by atoms with E-state index >= 15 is 0 Å². The van der Waals surface area contributed by atoms with Gasteiger partial charge in [0.1, 0.15) is 28.6 Å². The molecule has 162 valence electrons. The van der Waals surface area contributed by atoms with Crippen molar-refractivity contribution in [2.45, 2.75) is 38.6 Å². The third kappa shape index (κ3) is 4.36. The molecule has 32 heavy (non-hydrogen) atoms. The summed E-state index contributed by atoms with van der Waals surface area (Å²) >= 11 is 6.23. The molecule has 1 saturated carbocycles. The zero-order valence-corrected chi connectivity index (χ0v) is 18.2. The fourth-order valence-electron chi connectivity index (χ4n) is 3.75. The lowest BCUT2D eigenvalue weighted by molar-refractivity contribution is -0.117. The lowest BCUT2D eigenvalue weighted by Crippen LogP contribution is -2.33. The second-order valence-electron chi connectivity index (χ2n) is 7.68. The summed E-state index contributed by atoms with van der Waals surface area (Å²) < 4.78 is 7.27. The monoisotopic (exact) mass is 448 g/mol. The number of rotatable bonds is 5. The second kappa shape index (κ2) is 9.25. The van der Waals surface area contributed by atoms with Gasteiger partial charge in [-0.15, -0.1) is 0 Å². The maximum Gasteiger partial charge on any atom is 0.269 e. The predicted molar refractivity (Wildman–Crippen MR) is 122 cm³/mol. The molecule has 2 aromatic heterocycles. The first-order valence-corrected chi connectivity index (χ1v) is 10.7.